The molecule has 75 heavy (non-hydrogen) atoms. The van der Waals surface area contributed by atoms with E-state index >= 15 is 0 Å². The normalized spacial score (nSPS) is 15.6. The van der Waals surface area contributed by atoms with E-state index in [1.54, 1.807) is 60.5 Å². The summed E-state index contributed by atoms with van der Waals surface area (Å²) >= 11 is 1.68. The largest absolute Gasteiger partial charge is 0.481 e. The molecule has 384 valence electrons. The highest BCUT2D eigenvalue weighted by Crippen LogP contribution is 2.46. The molecule has 0 saturated carbocycles. The van der Waals surface area contributed by atoms with E-state index < -0.39 is 44.4 Å². The fraction of sp³-hybridized carbons (Fsp3) is 0.150. The number of rotatable bonds is 12. The fourth-order valence-corrected chi connectivity index (χ4v) is 10.7. The predicted octanol–water partition coefficient (Wildman–Crippen LogP) is 13.7. The van der Waals surface area contributed by atoms with Gasteiger partial charge in [0.05, 0.1) is 24.2 Å². The summed E-state index contributed by atoms with van der Waals surface area (Å²) in [5.41, 5.74) is 14.2. The minimum absolute atomic E-state index is 0.106. The molecule has 0 saturated heterocycles. The summed E-state index contributed by atoms with van der Waals surface area (Å²) in [6.07, 6.45) is 10.2. The van der Waals surface area contributed by atoms with Gasteiger partial charge in [-0.15, -0.1) is 11.8 Å². The Morgan fingerprint density at radius 3 is 1.09 bits per heavy atom. The van der Waals surface area contributed by atoms with Gasteiger partial charge in [0.15, 0.2) is 9.84 Å². The Labute approximate surface area is 440 Å². The number of hydrogen-bond donors (Lipinski definition) is 3. The summed E-state index contributed by atoms with van der Waals surface area (Å²) in [6.45, 7) is 5.57. The van der Waals surface area contributed by atoms with Gasteiger partial charge >= 0.3 is 17.9 Å². The molecule has 9 nitrogen and oxygen atoms in total. The lowest BCUT2D eigenvalue weighted by molar-refractivity contribution is -0.136. The highest BCUT2D eigenvalue weighted by molar-refractivity contribution is 7.98. The van der Waals surface area contributed by atoms with Crippen molar-refractivity contribution in [1.82, 2.24) is 0 Å². The van der Waals surface area contributed by atoms with Crippen molar-refractivity contribution >= 4 is 102 Å². The Morgan fingerprint density at radius 2 is 0.813 bits per heavy atom. The molecule has 0 fully saturated rings. The summed E-state index contributed by atoms with van der Waals surface area (Å²) in [5, 5.41) is 27.5. The van der Waals surface area contributed by atoms with Crippen LogP contribution in [0.4, 0.5) is 13.2 Å². The molecule has 15 heteroatoms. The minimum atomic E-state index is -3.27. The Morgan fingerprint density at radius 1 is 0.507 bits per heavy atom. The first kappa shape index (κ1) is 55.2. The van der Waals surface area contributed by atoms with Crippen molar-refractivity contribution in [2.24, 2.45) is 0 Å². The number of carboxylic acids is 3. The van der Waals surface area contributed by atoms with Crippen LogP contribution in [-0.2, 0) is 35.0 Å². The molecule has 0 aromatic heterocycles. The quantitative estimate of drug-likeness (QED) is 0.101. The van der Waals surface area contributed by atoms with Gasteiger partial charge in [-0.1, -0.05) is 54.6 Å². The van der Waals surface area contributed by atoms with Crippen LogP contribution in [0.25, 0.3) is 51.7 Å². The number of carboxylic acid groups (broad SMARTS) is 3. The number of carbonyl (C=O) groups is 3. The van der Waals surface area contributed by atoms with E-state index in [2.05, 4.69) is 12.1 Å². The van der Waals surface area contributed by atoms with Crippen LogP contribution in [0, 0.1) is 17.5 Å². The van der Waals surface area contributed by atoms with Gasteiger partial charge < -0.3 is 15.3 Å². The van der Waals surface area contributed by atoms with E-state index in [-0.39, 0.29) is 35.8 Å². The van der Waals surface area contributed by atoms with Crippen molar-refractivity contribution in [1.29, 1.82) is 0 Å². The molecule has 0 radical (unpaired) electrons. The zero-order chi connectivity index (χ0) is 54.5. The van der Waals surface area contributed by atoms with E-state index in [1.165, 1.54) is 53.4 Å². The van der Waals surface area contributed by atoms with Crippen molar-refractivity contribution in [3.63, 3.8) is 0 Å². The van der Waals surface area contributed by atoms with E-state index in [0.29, 0.717) is 33.4 Å². The lowest BCUT2D eigenvalue weighted by atomic mass is 10.0. The summed E-state index contributed by atoms with van der Waals surface area (Å²) in [5.74, 6) is -3.99. The van der Waals surface area contributed by atoms with Crippen LogP contribution in [0.2, 0.25) is 0 Å². The molecule has 3 N–H and O–H groups in total. The summed E-state index contributed by atoms with van der Waals surface area (Å²) in [7, 11) is -4.31. The zero-order valence-electron chi connectivity index (χ0n) is 41.6. The molecule has 0 heterocycles. The molecule has 0 spiro atoms. The van der Waals surface area contributed by atoms with Gasteiger partial charge in [-0.2, -0.15) is 0 Å². The van der Waals surface area contributed by atoms with Gasteiger partial charge in [0.25, 0.3) is 0 Å². The molecule has 0 amide bonds. The number of sulfone groups is 1. The molecular formula is C60H51F3O9S3. The number of fused-ring (bicyclic) bond motifs is 3. The number of hydrogen-bond acceptors (Lipinski definition) is 7. The van der Waals surface area contributed by atoms with Gasteiger partial charge in [-0.25, -0.2) is 21.6 Å². The monoisotopic (exact) mass is 1070 g/mol. The predicted molar refractivity (Wildman–Crippen MR) is 294 cm³/mol. The van der Waals surface area contributed by atoms with Crippen LogP contribution in [0.15, 0.2) is 159 Å². The standard InChI is InChI=1S/C20H17FO4S.C20H17FO3S.C20H17FO2S/c1-12-17(9-13-3-6-15(7-4-13)26(2,24)25)16-8-5-14(21)10-19(16)18(12)11-20(22)23;1-12-17(9-13-3-6-15(7-4-13)25(2)24)16-8-5-14(21)10-19(16)18(12)11-20(22)23;1-12-17(9-13-3-6-15(24-2)7-4-13)16-8-5-14(21)10-19(16)18(12)11-20(22)23/h3-10H,11H2,1-2H3,(H,22,23);3-10H,11H2,1-2H3,(H,22,23);3-10H,11H2,1-2H3,(H,22,23)/b3*17-9-. The molecular weight excluding hydrogens is 1020 g/mol. The maximum atomic E-state index is 13.7. The first-order valence-electron chi connectivity index (χ1n) is 23.2. The Kier molecular flexibility index (Phi) is 17.1. The van der Waals surface area contributed by atoms with E-state index in [9.17, 15) is 45.3 Å². The number of aliphatic carboxylic acids is 3. The number of benzene rings is 6. The maximum absolute atomic E-state index is 13.7. The highest BCUT2D eigenvalue weighted by Gasteiger charge is 2.28. The molecule has 9 rings (SSSR count). The van der Waals surface area contributed by atoms with Gasteiger partial charge in [0.2, 0.25) is 0 Å². The molecule has 0 bridgehead atoms. The SMILES string of the molecule is CC1=C(CC(=O)O)c2cc(F)ccc2/C1=C\c1ccc(S(C)(=O)=O)cc1.CC1=C(CC(=O)O)c2cc(F)ccc2/C1=C\c1ccc(S(C)=O)cc1.CSc1ccc(/C=C2/C(C)=C(CC(=O)O)c3cc(F)ccc32)cc1. The van der Waals surface area contributed by atoms with Crippen LogP contribution in [0.3, 0.4) is 0 Å². The minimum Gasteiger partial charge on any atom is -0.481 e. The third kappa shape index (κ3) is 13.0. The Bertz CT molecular complexity index is 3620. The smallest absolute Gasteiger partial charge is 0.307 e. The third-order valence-electron chi connectivity index (χ3n) is 12.9. The van der Waals surface area contributed by atoms with Gasteiger partial charge in [0.1, 0.15) is 17.5 Å². The van der Waals surface area contributed by atoms with Gasteiger partial charge in [0, 0.05) is 33.1 Å². The van der Waals surface area contributed by atoms with E-state index in [4.69, 9.17) is 10.2 Å². The molecule has 6 aromatic rings. The van der Waals surface area contributed by atoms with Crippen LogP contribution >= 0.6 is 11.8 Å². The second-order valence-electron chi connectivity index (χ2n) is 17.9. The lowest BCUT2D eigenvalue weighted by Crippen LogP contribution is -1.97. The zero-order valence-corrected chi connectivity index (χ0v) is 44.1. The van der Waals surface area contributed by atoms with E-state index in [1.807, 2.05) is 69.5 Å². The van der Waals surface area contributed by atoms with Crippen molar-refractivity contribution in [2.45, 2.75) is 54.7 Å². The molecule has 0 aliphatic heterocycles. The number of halogens is 3. The first-order chi connectivity index (χ1) is 35.5. The molecule has 1 unspecified atom stereocenters. The summed E-state index contributed by atoms with van der Waals surface area (Å²) in [4.78, 5) is 35.7. The maximum Gasteiger partial charge on any atom is 0.307 e. The number of thioether (sulfide) groups is 1. The second-order valence-corrected chi connectivity index (χ2v) is 22.2. The van der Waals surface area contributed by atoms with Crippen molar-refractivity contribution in [3.05, 3.63) is 212 Å². The average Bonchev–Trinajstić information content (AvgIpc) is 3.86. The van der Waals surface area contributed by atoms with Crippen molar-refractivity contribution < 1.29 is 55.5 Å². The topological polar surface area (TPSA) is 163 Å². The van der Waals surface area contributed by atoms with Crippen LogP contribution < -0.4 is 0 Å². The Hall–Kier alpha value is -7.59. The molecule has 1 atom stereocenters. The highest BCUT2D eigenvalue weighted by atomic mass is 32.2. The Balaban J connectivity index is 0.000000164. The lowest BCUT2D eigenvalue weighted by Gasteiger charge is -2.05. The summed E-state index contributed by atoms with van der Waals surface area (Å²) in [6, 6.07) is 35.3. The number of allylic oxidation sites excluding steroid dienone is 6. The van der Waals surface area contributed by atoms with Crippen molar-refractivity contribution in [3.8, 4) is 0 Å². The fourth-order valence-electron chi connectivity index (χ4n) is 9.16. The van der Waals surface area contributed by atoms with Crippen LogP contribution in [0.5, 0.6) is 0 Å². The second kappa shape index (κ2) is 23.3. The van der Waals surface area contributed by atoms with Crippen molar-refractivity contribution in [2.75, 3.05) is 18.8 Å². The summed E-state index contributed by atoms with van der Waals surface area (Å²) < 4.78 is 75.6. The van der Waals surface area contributed by atoms with Gasteiger partial charge in [-0.3, -0.25) is 18.6 Å². The average molecular weight is 1070 g/mol. The van der Waals surface area contributed by atoms with E-state index in [0.717, 1.165) is 78.0 Å². The van der Waals surface area contributed by atoms with Gasteiger partial charge in [-0.05, 0) is 218 Å². The molecule has 3 aliphatic rings. The van der Waals surface area contributed by atoms with Crippen LogP contribution in [-0.4, -0.2) is 64.6 Å². The first-order valence-corrected chi connectivity index (χ1v) is 27.9. The molecule has 3 aliphatic carbocycles. The molecule has 6 aromatic carbocycles. The third-order valence-corrected chi connectivity index (χ3v) is 15.7. The van der Waals surface area contributed by atoms with Crippen LogP contribution in [0.1, 0.15) is 90.1 Å².